The Kier molecular flexibility index (Phi) is 5.63. The van der Waals surface area contributed by atoms with E-state index in [0.717, 1.165) is 22.5 Å². The number of anilines is 1. The number of nitro benzene ring substituents is 1. The summed E-state index contributed by atoms with van der Waals surface area (Å²) < 4.78 is 7.18. The number of aromatic nitrogens is 2. The molecule has 0 aliphatic carbocycles. The minimum absolute atomic E-state index is 0.0638. The Hall–Kier alpha value is -3.68. The normalized spacial score (nSPS) is 10.6. The lowest BCUT2D eigenvalue weighted by Crippen LogP contribution is -2.21. The first kappa shape index (κ1) is 20.1. The van der Waals surface area contributed by atoms with E-state index in [1.807, 2.05) is 38.1 Å². The van der Waals surface area contributed by atoms with E-state index in [9.17, 15) is 14.9 Å². The molecule has 0 radical (unpaired) electrons. The summed E-state index contributed by atoms with van der Waals surface area (Å²) in [5.41, 5.74) is 4.70. The lowest BCUT2D eigenvalue weighted by atomic mass is 10.2. The molecule has 0 saturated heterocycles. The molecule has 150 valence electrons. The van der Waals surface area contributed by atoms with Gasteiger partial charge in [-0.25, -0.2) is 4.68 Å². The van der Waals surface area contributed by atoms with Crippen molar-refractivity contribution in [2.45, 2.75) is 27.7 Å². The van der Waals surface area contributed by atoms with E-state index in [0.29, 0.717) is 11.4 Å². The zero-order chi connectivity index (χ0) is 21.1. The second-order valence-corrected chi connectivity index (χ2v) is 6.86. The number of hydrogen-bond donors (Lipinski definition) is 1. The molecular weight excluding hydrogens is 372 g/mol. The number of nitrogens with one attached hydrogen (secondary N) is 1. The van der Waals surface area contributed by atoms with Crippen molar-refractivity contribution >= 4 is 17.3 Å². The van der Waals surface area contributed by atoms with Gasteiger partial charge in [0.2, 0.25) is 0 Å². The summed E-state index contributed by atoms with van der Waals surface area (Å²) in [6.45, 7) is 7.12. The Morgan fingerprint density at radius 2 is 1.76 bits per heavy atom. The zero-order valence-electron chi connectivity index (χ0n) is 16.7. The first-order valence-corrected chi connectivity index (χ1v) is 9.07. The summed E-state index contributed by atoms with van der Waals surface area (Å²) >= 11 is 0. The number of carbonyl (C=O) groups excluding carboxylic acids is 1. The highest BCUT2D eigenvalue weighted by molar-refractivity contribution is 5.93. The minimum atomic E-state index is -0.535. The Bertz CT molecular complexity index is 1070. The summed E-state index contributed by atoms with van der Waals surface area (Å²) in [5.74, 6) is -0.357. The van der Waals surface area contributed by atoms with Gasteiger partial charge in [0.15, 0.2) is 12.4 Å². The summed E-state index contributed by atoms with van der Waals surface area (Å²) in [7, 11) is 0. The molecule has 0 atom stereocenters. The predicted molar refractivity (Wildman–Crippen MR) is 110 cm³/mol. The van der Waals surface area contributed by atoms with Crippen LogP contribution >= 0.6 is 0 Å². The maximum atomic E-state index is 12.4. The number of carbonyl (C=O) groups is 1. The third kappa shape index (κ3) is 4.43. The van der Waals surface area contributed by atoms with Gasteiger partial charge in [-0.3, -0.25) is 14.9 Å². The highest BCUT2D eigenvalue weighted by Crippen LogP contribution is 2.28. The van der Waals surface area contributed by atoms with Crippen molar-refractivity contribution < 1.29 is 14.5 Å². The number of benzene rings is 2. The molecular formula is C21H22N4O4. The van der Waals surface area contributed by atoms with Gasteiger partial charge in [0, 0.05) is 6.07 Å². The second-order valence-electron chi connectivity index (χ2n) is 6.86. The highest BCUT2D eigenvalue weighted by atomic mass is 16.6. The second kappa shape index (κ2) is 8.14. The largest absolute Gasteiger partial charge is 0.477 e. The Morgan fingerprint density at radius 1 is 1.10 bits per heavy atom. The Balaban J connectivity index is 1.74. The lowest BCUT2D eigenvalue weighted by Gasteiger charge is -2.09. The Morgan fingerprint density at radius 3 is 2.41 bits per heavy atom. The van der Waals surface area contributed by atoms with Crippen molar-refractivity contribution in [1.82, 2.24) is 9.78 Å². The van der Waals surface area contributed by atoms with Gasteiger partial charge in [-0.15, -0.1) is 0 Å². The van der Waals surface area contributed by atoms with Crippen LogP contribution in [0.25, 0.3) is 5.69 Å². The number of aryl methyl sites for hydroxylation is 3. The minimum Gasteiger partial charge on any atom is -0.477 e. The van der Waals surface area contributed by atoms with Crippen molar-refractivity contribution in [2.75, 3.05) is 11.9 Å². The molecule has 0 aliphatic rings. The predicted octanol–water partition coefficient (Wildman–Crippen LogP) is 4.03. The molecule has 0 unspecified atom stereocenters. The van der Waals surface area contributed by atoms with Crippen LogP contribution in [0, 0.1) is 37.8 Å². The molecule has 8 nitrogen and oxygen atoms in total. The summed E-state index contributed by atoms with van der Waals surface area (Å²) in [5, 5.41) is 18.4. The highest BCUT2D eigenvalue weighted by Gasteiger charge is 2.18. The van der Waals surface area contributed by atoms with E-state index in [2.05, 4.69) is 10.4 Å². The summed E-state index contributed by atoms with van der Waals surface area (Å²) in [4.78, 5) is 23.0. The van der Waals surface area contributed by atoms with Gasteiger partial charge >= 0.3 is 5.69 Å². The Labute approximate surface area is 168 Å². The van der Waals surface area contributed by atoms with Crippen LogP contribution < -0.4 is 10.1 Å². The van der Waals surface area contributed by atoms with E-state index < -0.39 is 10.8 Å². The molecule has 1 amide bonds. The number of nitro groups is 1. The van der Waals surface area contributed by atoms with Gasteiger partial charge in [0.25, 0.3) is 5.91 Å². The zero-order valence-corrected chi connectivity index (χ0v) is 16.7. The number of ether oxygens (including phenoxy) is 1. The molecule has 0 bridgehead atoms. The molecule has 3 aromatic rings. The van der Waals surface area contributed by atoms with Crippen LogP contribution in [0.3, 0.4) is 0 Å². The number of rotatable bonds is 6. The monoisotopic (exact) mass is 394 g/mol. The van der Waals surface area contributed by atoms with E-state index in [-0.39, 0.29) is 18.0 Å². The molecule has 1 heterocycles. The molecule has 3 rings (SSSR count). The number of hydrogen-bond acceptors (Lipinski definition) is 5. The van der Waals surface area contributed by atoms with Crippen molar-refractivity contribution in [1.29, 1.82) is 0 Å². The first-order chi connectivity index (χ1) is 13.8. The standard InChI is InChI=1S/C21H22N4O4/c1-13-5-8-17(9-6-13)24-16(4)21(15(3)23-24)22-20(26)12-29-19-11-14(2)7-10-18(19)25(27)28/h5-11H,12H2,1-4H3,(H,22,26). The smallest absolute Gasteiger partial charge is 0.310 e. The van der Waals surface area contributed by atoms with Gasteiger partial charge in [0.1, 0.15) is 0 Å². The van der Waals surface area contributed by atoms with Crippen LogP contribution in [0.2, 0.25) is 0 Å². The van der Waals surface area contributed by atoms with Crippen molar-refractivity contribution in [3.8, 4) is 11.4 Å². The molecule has 0 spiro atoms. The average molecular weight is 394 g/mol. The third-order valence-corrected chi connectivity index (χ3v) is 4.51. The third-order valence-electron chi connectivity index (χ3n) is 4.51. The van der Waals surface area contributed by atoms with Crippen LogP contribution in [0.15, 0.2) is 42.5 Å². The van der Waals surface area contributed by atoms with Crippen LogP contribution in [0.1, 0.15) is 22.5 Å². The summed E-state index contributed by atoms with van der Waals surface area (Å²) in [6.07, 6.45) is 0. The average Bonchev–Trinajstić information content (AvgIpc) is 2.95. The topological polar surface area (TPSA) is 99.3 Å². The van der Waals surface area contributed by atoms with Gasteiger partial charge in [0.05, 0.1) is 27.7 Å². The van der Waals surface area contributed by atoms with Crippen LogP contribution in [0.4, 0.5) is 11.4 Å². The summed E-state index contributed by atoms with van der Waals surface area (Å²) in [6, 6.07) is 12.4. The number of nitrogens with zero attached hydrogens (tertiary/aromatic N) is 3. The quantitative estimate of drug-likeness (QED) is 0.503. The molecule has 1 aromatic heterocycles. The molecule has 0 fully saturated rings. The van der Waals surface area contributed by atoms with E-state index in [1.165, 1.54) is 12.1 Å². The fraction of sp³-hybridized carbons (Fsp3) is 0.238. The molecule has 1 N–H and O–H groups in total. The van der Waals surface area contributed by atoms with Crippen molar-refractivity contribution in [2.24, 2.45) is 0 Å². The molecule has 29 heavy (non-hydrogen) atoms. The van der Waals surface area contributed by atoms with Gasteiger partial charge in [-0.1, -0.05) is 23.8 Å². The molecule has 8 heteroatoms. The molecule has 2 aromatic carbocycles. The van der Waals surface area contributed by atoms with E-state index in [1.54, 1.807) is 24.6 Å². The lowest BCUT2D eigenvalue weighted by molar-refractivity contribution is -0.385. The number of amides is 1. The molecule has 0 aliphatic heterocycles. The van der Waals surface area contributed by atoms with Crippen molar-refractivity contribution in [3.05, 3.63) is 75.1 Å². The van der Waals surface area contributed by atoms with E-state index >= 15 is 0 Å². The molecule has 0 saturated carbocycles. The van der Waals surface area contributed by atoms with Gasteiger partial charge < -0.3 is 10.1 Å². The maximum absolute atomic E-state index is 12.4. The van der Waals surface area contributed by atoms with E-state index in [4.69, 9.17) is 4.74 Å². The van der Waals surface area contributed by atoms with Crippen molar-refractivity contribution in [3.63, 3.8) is 0 Å². The SMILES string of the molecule is Cc1ccc(-n2nc(C)c(NC(=O)COc3cc(C)ccc3[N+](=O)[O-])c2C)cc1. The van der Waals surface area contributed by atoms with Gasteiger partial charge in [-0.2, -0.15) is 5.10 Å². The maximum Gasteiger partial charge on any atom is 0.310 e. The fourth-order valence-electron chi connectivity index (χ4n) is 2.97. The van der Waals surface area contributed by atoms with Crippen LogP contribution in [-0.4, -0.2) is 27.2 Å². The fourth-order valence-corrected chi connectivity index (χ4v) is 2.97. The first-order valence-electron chi connectivity index (χ1n) is 9.07. The van der Waals surface area contributed by atoms with Gasteiger partial charge in [-0.05, 0) is 51.5 Å². The van der Waals surface area contributed by atoms with Crippen LogP contribution in [0.5, 0.6) is 5.75 Å². The van der Waals surface area contributed by atoms with Crippen LogP contribution in [-0.2, 0) is 4.79 Å².